The number of ether oxygens (including phenoxy) is 1. The number of aryl methyl sites for hydroxylation is 1. The van der Waals surface area contributed by atoms with Gasteiger partial charge in [0, 0.05) is 23.9 Å². The van der Waals surface area contributed by atoms with Gasteiger partial charge in [-0.15, -0.1) is 11.3 Å². The van der Waals surface area contributed by atoms with Crippen LogP contribution in [0.4, 0.5) is 0 Å². The van der Waals surface area contributed by atoms with Gasteiger partial charge >= 0.3 is 0 Å². The molecule has 0 aromatic carbocycles. The van der Waals surface area contributed by atoms with E-state index in [4.69, 9.17) is 9.72 Å². The number of hydrogen-bond acceptors (Lipinski definition) is 4. The molecule has 0 amide bonds. The lowest BCUT2D eigenvalue weighted by Crippen LogP contribution is -2.18. The average Bonchev–Trinajstić information content (AvgIpc) is 2.96. The first kappa shape index (κ1) is 14.0. The summed E-state index contributed by atoms with van der Waals surface area (Å²) in [5.74, 6) is 1.24. The van der Waals surface area contributed by atoms with Gasteiger partial charge in [0.2, 0.25) is 0 Å². The highest BCUT2D eigenvalue weighted by Gasteiger charge is 2.22. The number of hydrogen-bond donors (Lipinski definition) is 1. The second kappa shape index (κ2) is 6.64. The molecule has 1 aliphatic rings. The van der Waals surface area contributed by atoms with Crippen molar-refractivity contribution in [3.63, 3.8) is 0 Å². The molecule has 0 aliphatic carbocycles. The molecule has 18 heavy (non-hydrogen) atoms. The lowest BCUT2D eigenvalue weighted by molar-refractivity contribution is 0.194. The van der Waals surface area contributed by atoms with E-state index in [1.807, 2.05) is 11.3 Å². The van der Waals surface area contributed by atoms with Crippen molar-refractivity contribution in [2.24, 2.45) is 5.92 Å². The average molecular weight is 268 g/mol. The first-order valence-corrected chi connectivity index (χ1v) is 7.79. The maximum atomic E-state index is 5.46. The number of nitrogens with one attached hydrogen (secondary N) is 1. The highest BCUT2D eigenvalue weighted by atomic mass is 32.1. The summed E-state index contributed by atoms with van der Waals surface area (Å²) in [5, 5.41) is 4.80. The van der Waals surface area contributed by atoms with Crippen molar-refractivity contribution < 1.29 is 4.74 Å². The van der Waals surface area contributed by atoms with Crippen LogP contribution in [0.3, 0.4) is 0 Å². The van der Waals surface area contributed by atoms with Crippen LogP contribution in [-0.4, -0.2) is 24.7 Å². The molecule has 0 saturated carbocycles. The minimum Gasteiger partial charge on any atom is -0.381 e. The maximum absolute atomic E-state index is 5.46. The third-order valence-electron chi connectivity index (χ3n) is 3.25. The van der Waals surface area contributed by atoms with Crippen molar-refractivity contribution in [2.45, 2.75) is 46.1 Å². The third-order valence-corrected chi connectivity index (χ3v) is 4.51. The minimum atomic E-state index is 0.541. The summed E-state index contributed by atoms with van der Waals surface area (Å²) in [6, 6.07) is 0. The molecule has 1 aromatic heterocycles. The molecule has 0 radical (unpaired) electrons. The predicted octanol–water partition coefficient (Wildman–Crippen LogP) is 2.96. The summed E-state index contributed by atoms with van der Waals surface area (Å²) in [6.45, 7) is 10.5. The fourth-order valence-electron chi connectivity index (χ4n) is 2.20. The van der Waals surface area contributed by atoms with E-state index in [9.17, 15) is 0 Å². The molecule has 3 nitrogen and oxygen atoms in total. The van der Waals surface area contributed by atoms with Crippen LogP contribution < -0.4 is 5.32 Å². The van der Waals surface area contributed by atoms with Gasteiger partial charge in [-0.1, -0.05) is 20.8 Å². The van der Waals surface area contributed by atoms with Crippen molar-refractivity contribution >= 4 is 11.3 Å². The molecule has 1 aliphatic heterocycles. The van der Waals surface area contributed by atoms with Crippen molar-refractivity contribution in [1.82, 2.24) is 10.3 Å². The lowest BCUT2D eigenvalue weighted by atomic mass is 10.1. The molecule has 102 valence electrons. The van der Waals surface area contributed by atoms with E-state index in [2.05, 4.69) is 26.1 Å². The second-order valence-electron chi connectivity index (χ2n) is 5.36. The number of aromatic nitrogens is 1. The fourth-order valence-corrected chi connectivity index (χ4v) is 3.44. The van der Waals surface area contributed by atoms with Crippen LogP contribution in [0.2, 0.25) is 0 Å². The number of rotatable bonds is 6. The molecule has 0 spiro atoms. The van der Waals surface area contributed by atoms with Crippen LogP contribution in [0, 0.1) is 5.92 Å². The van der Waals surface area contributed by atoms with Gasteiger partial charge in [-0.05, 0) is 25.3 Å². The van der Waals surface area contributed by atoms with Gasteiger partial charge in [0.25, 0.3) is 0 Å². The van der Waals surface area contributed by atoms with Crippen molar-refractivity contribution in [2.75, 3.05) is 19.8 Å². The second-order valence-corrected chi connectivity index (χ2v) is 6.48. The van der Waals surface area contributed by atoms with Gasteiger partial charge in [0.05, 0.1) is 17.3 Å². The molecule has 1 aromatic rings. The van der Waals surface area contributed by atoms with Gasteiger partial charge in [-0.25, -0.2) is 4.98 Å². The molecule has 2 rings (SSSR count). The van der Waals surface area contributed by atoms with Crippen LogP contribution in [0.25, 0.3) is 0 Å². The van der Waals surface area contributed by atoms with Crippen LogP contribution in [0.1, 0.15) is 48.7 Å². The summed E-state index contributed by atoms with van der Waals surface area (Å²) in [6.07, 6.45) is 2.16. The van der Waals surface area contributed by atoms with E-state index in [0.29, 0.717) is 11.8 Å². The SMILES string of the molecule is CCc1nc(C2CCOC2)sc1CNCC(C)C. The van der Waals surface area contributed by atoms with Gasteiger partial charge in [-0.3, -0.25) is 0 Å². The molecule has 0 bridgehead atoms. The predicted molar refractivity (Wildman–Crippen MR) is 76.2 cm³/mol. The van der Waals surface area contributed by atoms with Gasteiger partial charge < -0.3 is 10.1 Å². The van der Waals surface area contributed by atoms with Crippen molar-refractivity contribution in [3.05, 3.63) is 15.6 Å². The Morgan fingerprint density at radius 2 is 2.33 bits per heavy atom. The topological polar surface area (TPSA) is 34.1 Å². The highest BCUT2D eigenvalue weighted by Crippen LogP contribution is 2.31. The zero-order chi connectivity index (χ0) is 13.0. The van der Waals surface area contributed by atoms with E-state index in [1.165, 1.54) is 15.6 Å². The number of nitrogens with zero attached hydrogens (tertiary/aromatic N) is 1. The molecule has 1 N–H and O–H groups in total. The van der Waals surface area contributed by atoms with Gasteiger partial charge in [0.15, 0.2) is 0 Å². The lowest BCUT2D eigenvalue weighted by Gasteiger charge is -2.06. The largest absolute Gasteiger partial charge is 0.381 e. The molecular formula is C14H24N2OS. The summed E-state index contributed by atoms with van der Waals surface area (Å²) in [5.41, 5.74) is 1.28. The third kappa shape index (κ3) is 3.53. The Labute approximate surface area is 114 Å². The molecule has 2 heterocycles. The smallest absolute Gasteiger partial charge is 0.0986 e. The van der Waals surface area contributed by atoms with E-state index in [1.54, 1.807) is 0 Å². The van der Waals surface area contributed by atoms with Crippen LogP contribution in [-0.2, 0) is 17.7 Å². The zero-order valence-corrected chi connectivity index (χ0v) is 12.5. The van der Waals surface area contributed by atoms with E-state index in [-0.39, 0.29) is 0 Å². The minimum absolute atomic E-state index is 0.541. The van der Waals surface area contributed by atoms with Gasteiger partial charge in [-0.2, -0.15) is 0 Å². The Kier molecular flexibility index (Phi) is 5.15. The van der Waals surface area contributed by atoms with Crippen LogP contribution in [0.15, 0.2) is 0 Å². The Balaban J connectivity index is 1.99. The summed E-state index contributed by atoms with van der Waals surface area (Å²) < 4.78 is 5.46. The molecular weight excluding hydrogens is 244 g/mol. The van der Waals surface area contributed by atoms with E-state index in [0.717, 1.165) is 39.1 Å². The van der Waals surface area contributed by atoms with E-state index < -0.39 is 0 Å². The first-order valence-electron chi connectivity index (χ1n) is 6.97. The number of thiazole rings is 1. The fraction of sp³-hybridized carbons (Fsp3) is 0.786. The zero-order valence-electron chi connectivity index (χ0n) is 11.7. The Morgan fingerprint density at radius 3 is 2.94 bits per heavy atom. The molecule has 1 atom stereocenters. The Morgan fingerprint density at radius 1 is 1.50 bits per heavy atom. The monoisotopic (exact) mass is 268 g/mol. The van der Waals surface area contributed by atoms with Gasteiger partial charge in [0.1, 0.15) is 0 Å². The van der Waals surface area contributed by atoms with Crippen molar-refractivity contribution in [1.29, 1.82) is 0 Å². The quantitative estimate of drug-likeness (QED) is 0.861. The normalized spacial score (nSPS) is 19.9. The Bertz CT molecular complexity index is 370. The summed E-state index contributed by atoms with van der Waals surface area (Å²) in [7, 11) is 0. The Hall–Kier alpha value is -0.450. The summed E-state index contributed by atoms with van der Waals surface area (Å²) in [4.78, 5) is 6.22. The highest BCUT2D eigenvalue weighted by molar-refractivity contribution is 7.11. The van der Waals surface area contributed by atoms with Crippen LogP contribution >= 0.6 is 11.3 Å². The standard InChI is InChI=1S/C14H24N2OS/c1-4-12-13(8-15-7-10(2)3)18-14(16-12)11-5-6-17-9-11/h10-11,15H,4-9H2,1-3H3. The van der Waals surface area contributed by atoms with Crippen LogP contribution in [0.5, 0.6) is 0 Å². The molecule has 4 heteroatoms. The van der Waals surface area contributed by atoms with E-state index >= 15 is 0 Å². The molecule has 1 unspecified atom stereocenters. The molecule has 1 fully saturated rings. The maximum Gasteiger partial charge on any atom is 0.0986 e. The molecule has 1 saturated heterocycles. The summed E-state index contributed by atoms with van der Waals surface area (Å²) >= 11 is 1.88. The van der Waals surface area contributed by atoms with Crippen molar-refractivity contribution in [3.8, 4) is 0 Å². The first-order chi connectivity index (χ1) is 8.70.